The van der Waals surface area contributed by atoms with E-state index < -0.39 is 17.3 Å². The van der Waals surface area contributed by atoms with E-state index >= 15 is 0 Å². The Labute approximate surface area is 113 Å². The summed E-state index contributed by atoms with van der Waals surface area (Å²) in [5.74, 6) is -1.56. The van der Waals surface area contributed by atoms with Crippen LogP contribution in [-0.4, -0.2) is 37.2 Å². The predicted octanol–water partition coefficient (Wildman–Crippen LogP) is 0.466. The third kappa shape index (κ3) is 2.00. The van der Waals surface area contributed by atoms with Gasteiger partial charge in [-0.3, -0.25) is 9.59 Å². The molecule has 0 saturated heterocycles. The lowest BCUT2D eigenvalue weighted by Gasteiger charge is -2.11. The first kappa shape index (κ1) is 12.3. The summed E-state index contributed by atoms with van der Waals surface area (Å²) in [5, 5.41) is 22.5. The van der Waals surface area contributed by atoms with Crippen LogP contribution in [0.2, 0.25) is 0 Å². The lowest BCUT2D eigenvalue weighted by Crippen LogP contribution is -2.31. The van der Waals surface area contributed by atoms with Crippen LogP contribution in [0, 0.1) is 5.41 Å². The van der Waals surface area contributed by atoms with Crippen molar-refractivity contribution < 1.29 is 14.7 Å². The number of hydrogen-bond acceptors (Lipinski definition) is 5. The largest absolute Gasteiger partial charge is 0.480 e. The summed E-state index contributed by atoms with van der Waals surface area (Å²) in [6.45, 7) is 0. The number of nitrogens with zero attached hydrogens (tertiary/aromatic N) is 4. The van der Waals surface area contributed by atoms with E-state index in [4.69, 9.17) is 5.11 Å². The molecule has 3 rings (SSSR count). The lowest BCUT2D eigenvalue weighted by molar-refractivity contribution is -0.147. The van der Waals surface area contributed by atoms with Crippen molar-refractivity contribution in [2.45, 2.75) is 12.8 Å². The standard InChI is InChI=1S/C12H11N5O3/c18-10(12(4-5-12)11(19)20)14-8-2-1-3-9(6-8)17-7-13-15-16-17/h1-3,6-7H,4-5H2,(H,14,18)(H,19,20). The number of carbonyl (C=O) groups excluding carboxylic acids is 1. The summed E-state index contributed by atoms with van der Waals surface area (Å²) in [5.41, 5.74) is -0.0753. The highest BCUT2D eigenvalue weighted by atomic mass is 16.4. The van der Waals surface area contributed by atoms with Crippen molar-refractivity contribution in [1.82, 2.24) is 20.2 Å². The number of carboxylic acids is 1. The fourth-order valence-electron chi connectivity index (χ4n) is 1.92. The molecule has 1 heterocycles. The molecule has 20 heavy (non-hydrogen) atoms. The number of tetrazole rings is 1. The van der Waals surface area contributed by atoms with Crippen LogP contribution in [0.4, 0.5) is 5.69 Å². The third-order valence-corrected chi connectivity index (χ3v) is 3.31. The normalized spacial score (nSPS) is 15.6. The fourth-order valence-corrected chi connectivity index (χ4v) is 1.92. The summed E-state index contributed by atoms with van der Waals surface area (Å²) in [6.07, 6.45) is 2.18. The SMILES string of the molecule is O=C(O)C1(C(=O)Nc2cccc(-n3cnnn3)c2)CC1. The van der Waals surface area contributed by atoms with E-state index in [1.807, 2.05) is 0 Å². The van der Waals surface area contributed by atoms with Gasteiger partial charge < -0.3 is 10.4 Å². The summed E-state index contributed by atoms with van der Waals surface area (Å²) in [7, 11) is 0. The number of carbonyl (C=O) groups is 2. The molecular formula is C12H11N5O3. The molecule has 8 nitrogen and oxygen atoms in total. The molecule has 0 atom stereocenters. The van der Waals surface area contributed by atoms with Crippen LogP contribution in [-0.2, 0) is 9.59 Å². The van der Waals surface area contributed by atoms with Crippen molar-refractivity contribution in [2.24, 2.45) is 5.41 Å². The Kier molecular flexibility index (Phi) is 2.70. The van der Waals surface area contributed by atoms with E-state index in [1.54, 1.807) is 24.3 Å². The number of benzene rings is 1. The maximum Gasteiger partial charge on any atom is 0.319 e. The van der Waals surface area contributed by atoms with E-state index in [0.29, 0.717) is 24.2 Å². The average molecular weight is 273 g/mol. The lowest BCUT2D eigenvalue weighted by atomic mass is 10.1. The second kappa shape index (κ2) is 4.41. The Morgan fingerprint density at radius 2 is 2.15 bits per heavy atom. The molecule has 1 saturated carbocycles. The van der Waals surface area contributed by atoms with Gasteiger partial charge in [0.15, 0.2) is 0 Å². The molecule has 0 aliphatic heterocycles. The number of hydrogen-bond donors (Lipinski definition) is 2. The van der Waals surface area contributed by atoms with Crippen molar-refractivity contribution >= 4 is 17.6 Å². The smallest absolute Gasteiger partial charge is 0.319 e. The number of amides is 1. The molecule has 2 aromatic rings. The molecule has 1 fully saturated rings. The second-order valence-electron chi connectivity index (χ2n) is 4.65. The monoisotopic (exact) mass is 273 g/mol. The average Bonchev–Trinajstić information content (AvgIpc) is 3.08. The van der Waals surface area contributed by atoms with Crippen molar-refractivity contribution in [1.29, 1.82) is 0 Å². The Morgan fingerprint density at radius 3 is 2.75 bits per heavy atom. The zero-order chi connectivity index (χ0) is 14.2. The minimum Gasteiger partial charge on any atom is -0.480 e. The second-order valence-corrected chi connectivity index (χ2v) is 4.65. The van der Waals surface area contributed by atoms with Crippen LogP contribution in [0.1, 0.15) is 12.8 Å². The van der Waals surface area contributed by atoms with Crippen LogP contribution >= 0.6 is 0 Å². The zero-order valence-electron chi connectivity index (χ0n) is 10.4. The molecule has 0 bridgehead atoms. The van der Waals surface area contributed by atoms with Crippen molar-refractivity contribution in [3.8, 4) is 5.69 Å². The van der Waals surface area contributed by atoms with Gasteiger partial charge in [-0.15, -0.1) is 5.10 Å². The highest BCUT2D eigenvalue weighted by Crippen LogP contribution is 2.46. The molecule has 1 aromatic heterocycles. The van der Waals surface area contributed by atoms with Crippen molar-refractivity contribution in [3.05, 3.63) is 30.6 Å². The van der Waals surface area contributed by atoms with Gasteiger partial charge in [0, 0.05) is 5.69 Å². The van der Waals surface area contributed by atoms with Crippen LogP contribution in [0.5, 0.6) is 0 Å². The first-order valence-electron chi connectivity index (χ1n) is 6.00. The van der Waals surface area contributed by atoms with Crippen molar-refractivity contribution in [2.75, 3.05) is 5.32 Å². The molecular weight excluding hydrogens is 262 g/mol. The third-order valence-electron chi connectivity index (χ3n) is 3.31. The van der Waals surface area contributed by atoms with Gasteiger partial charge in [0.25, 0.3) is 0 Å². The van der Waals surface area contributed by atoms with Gasteiger partial charge in [0.2, 0.25) is 5.91 Å². The Hall–Kier alpha value is -2.77. The topological polar surface area (TPSA) is 110 Å². The van der Waals surface area contributed by atoms with Gasteiger partial charge in [-0.05, 0) is 41.5 Å². The molecule has 2 N–H and O–H groups in total. The quantitative estimate of drug-likeness (QED) is 0.783. The molecule has 1 aromatic carbocycles. The number of nitrogens with one attached hydrogen (secondary N) is 1. The summed E-state index contributed by atoms with van der Waals surface area (Å²) >= 11 is 0. The molecule has 1 aliphatic carbocycles. The number of aromatic nitrogens is 4. The molecule has 1 aliphatic rings. The number of carboxylic acid groups (broad SMARTS) is 1. The molecule has 0 radical (unpaired) electrons. The van der Waals surface area contributed by atoms with Crippen LogP contribution in [0.25, 0.3) is 5.69 Å². The summed E-state index contributed by atoms with van der Waals surface area (Å²) in [4.78, 5) is 23.1. The highest BCUT2D eigenvalue weighted by Gasteiger charge is 2.57. The molecule has 102 valence electrons. The van der Waals surface area contributed by atoms with Crippen LogP contribution in [0.15, 0.2) is 30.6 Å². The summed E-state index contributed by atoms with van der Waals surface area (Å²) < 4.78 is 1.44. The molecule has 8 heteroatoms. The van der Waals surface area contributed by atoms with Crippen LogP contribution in [0.3, 0.4) is 0 Å². The van der Waals surface area contributed by atoms with Gasteiger partial charge >= 0.3 is 5.97 Å². The predicted molar refractivity (Wildman–Crippen MR) is 67.1 cm³/mol. The van der Waals surface area contributed by atoms with Crippen LogP contribution < -0.4 is 5.32 Å². The number of aliphatic carboxylic acids is 1. The van der Waals surface area contributed by atoms with E-state index in [2.05, 4.69) is 20.8 Å². The first-order chi connectivity index (χ1) is 9.62. The minimum atomic E-state index is -1.26. The Balaban J connectivity index is 1.80. The minimum absolute atomic E-state index is 0.376. The fraction of sp³-hybridized carbons (Fsp3) is 0.250. The van der Waals surface area contributed by atoms with Gasteiger partial charge in [0.1, 0.15) is 11.7 Å². The van der Waals surface area contributed by atoms with Crippen molar-refractivity contribution in [3.63, 3.8) is 0 Å². The van der Waals surface area contributed by atoms with Gasteiger partial charge in [-0.2, -0.15) is 0 Å². The first-order valence-corrected chi connectivity index (χ1v) is 6.00. The van der Waals surface area contributed by atoms with E-state index in [1.165, 1.54) is 11.0 Å². The highest BCUT2D eigenvalue weighted by molar-refractivity contribution is 6.10. The zero-order valence-corrected chi connectivity index (χ0v) is 10.4. The maximum absolute atomic E-state index is 12.0. The van der Waals surface area contributed by atoms with E-state index in [0.717, 1.165) is 0 Å². The van der Waals surface area contributed by atoms with E-state index in [-0.39, 0.29) is 0 Å². The van der Waals surface area contributed by atoms with Gasteiger partial charge in [0.05, 0.1) is 5.69 Å². The van der Waals surface area contributed by atoms with Gasteiger partial charge in [-0.25, -0.2) is 4.68 Å². The number of anilines is 1. The van der Waals surface area contributed by atoms with E-state index in [9.17, 15) is 9.59 Å². The maximum atomic E-state index is 12.0. The number of rotatable bonds is 4. The summed E-state index contributed by atoms with van der Waals surface area (Å²) in [6, 6.07) is 6.86. The Bertz CT molecular complexity index is 663. The molecule has 0 spiro atoms. The molecule has 1 amide bonds. The molecule has 0 unspecified atom stereocenters. The van der Waals surface area contributed by atoms with Gasteiger partial charge in [-0.1, -0.05) is 6.07 Å². The Morgan fingerprint density at radius 1 is 1.35 bits per heavy atom.